The Hall–Kier alpha value is -3.45. The van der Waals surface area contributed by atoms with Crippen molar-refractivity contribution in [3.8, 4) is 0 Å². The second-order valence-electron chi connectivity index (χ2n) is 6.49. The zero-order valence-electron chi connectivity index (χ0n) is 16.0. The maximum atomic E-state index is 12.6. The van der Waals surface area contributed by atoms with Crippen LogP contribution in [0.25, 0.3) is 0 Å². The van der Waals surface area contributed by atoms with E-state index in [1.165, 1.54) is 0 Å². The summed E-state index contributed by atoms with van der Waals surface area (Å²) in [7, 11) is 0. The molecule has 0 fully saturated rings. The summed E-state index contributed by atoms with van der Waals surface area (Å²) in [5.74, 6) is -1.16. The van der Waals surface area contributed by atoms with Crippen LogP contribution in [0.1, 0.15) is 38.7 Å². The first-order chi connectivity index (χ1) is 14.5. The Morgan fingerprint density at radius 1 is 0.733 bits per heavy atom. The highest BCUT2D eigenvalue weighted by molar-refractivity contribution is 9.10. The highest BCUT2D eigenvalue weighted by Crippen LogP contribution is 2.18. The van der Waals surface area contributed by atoms with Crippen LogP contribution in [-0.4, -0.2) is 17.7 Å². The molecule has 0 spiro atoms. The van der Waals surface area contributed by atoms with Gasteiger partial charge in [-0.15, -0.1) is 0 Å². The SMILES string of the molecule is O=C(C[C@H](NC(=O)c1ccccc1)c1ccccc1)NNC(=O)c1ccccc1Br. The minimum Gasteiger partial charge on any atom is -0.345 e. The molecule has 0 bridgehead atoms. The van der Waals surface area contributed by atoms with Crippen molar-refractivity contribution in [2.45, 2.75) is 12.5 Å². The van der Waals surface area contributed by atoms with Gasteiger partial charge in [0.2, 0.25) is 5.91 Å². The van der Waals surface area contributed by atoms with Crippen LogP contribution in [0.2, 0.25) is 0 Å². The Morgan fingerprint density at radius 2 is 1.33 bits per heavy atom. The summed E-state index contributed by atoms with van der Waals surface area (Å²) >= 11 is 3.30. The average Bonchev–Trinajstić information content (AvgIpc) is 2.78. The van der Waals surface area contributed by atoms with E-state index in [-0.39, 0.29) is 12.3 Å². The van der Waals surface area contributed by atoms with Crippen molar-refractivity contribution >= 4 is 33.7 Å². The predicted molar refractivity (Wildman–Crippen MR) is 117 cm³/mol. The summed E-state index contributed by atoms with van der Waals surface area (Å²) in [6, 6.07) is 24.3. The molecule has 6 nitrogen and oxygen atoms in total. The van der Waals surface area contributed by atoms with Gasteiger partial charge in [-0.3, -0.25) is 25.2 Å². The first-order valence-electron chi connectivity index (χ1n) is 9.29. The predicted octanol–water partition coefficient (Wildman–Crippen LogP) is 3.77. The zero-order chi connectivity index (χ0) is 21.3. The zero-order valence-corrected chi connectivity index (χ0v) is 17.6. The van der Waals surface area contributed by atoms with E-state index in [0.29, 0.717) is 15.6 Å². The lowest BCUT2D eigenvalue weighted by molar-refractivity contribution is -0.122. The molecule has 0 aromatic heterocycles. The molecular weight excluding hydrogens is 446 g/mol. The number of hydrazine groups is 1. The number of benzene rings is 3. The van der Waals surface area contributed by atoms with E-state index in [4.69, 9.17) is 0 Å². The van der Waals surface area contributed by atoms with Crippen LogP contribution >= 0.6 is 15.9 Å². The smallest absolute Gasteiger partial charge is 0.270 e. The third kappa shape index (κ3) is 5.78. The van der Waals surface area contributed by atoms with Gasteiger partial charge in [0.15, 0.2) is 0 Å². The number of nitrogens with one attached hydrogen (secondary N) is 3. The summed E-state index contributed by atoms with van der Waals surface area (Å²) in [4.78, 5) is 37.3. The molecule has 30 heavy (non-hydrogen) atoms. The highest BCUT2D eigenvalue weighted by atomic mass is 79.9. The fourth-order valence-electron chi connectivity index (χ4n) is 2.84. The molecule has 1 atom stereocenters. The lowest BCUT2D eigenvalue weighted by atomic mass is 10.0. The highest BCUT2D eigenvalue weighted by Gasteiger charge is 2.20. The van der Waals surface area contributed by atoms with Gasteiger partial charge in [-0.05, 0) is 45.8 Å². The molecule has 0 unspecified atom stereocenters. The van der Waals surface area contributed by atoms with Gasteiger partial charge in [0.1, 0.15) is 0 Å². The van der Waals surface area contributed by atoms with Crippen molar-refractivity contribution in [3.63, 3.8) is 0 Å². The molecule has 3 aromatic carbocycles. The van der Waals surface area contributed by atoms with Crippen LogP contribution in [0.4, 0.5) is 0 Å². The normalized spacial score (nSPS) is 11.2. The van der Waals surface area contributed by atoms with Crippen molar-refractivity contribution in [2.75, 3.05) is 0 Å². The van der Waals surface area contributed by atoms with Crippen LogP contribution in [-0.2, 0) is 4.79 Å². The second kappa shape index (κ2) is 10.4. The monoisotopic (exact) mass is 465 g/mol. The number of hydrogen-bond donors (Lipinski definition) is 3. The van der Waals surface area contributed by atoms with Gasteiger partial charge in [0.25, 0.3) is 11.8 Å². The molecule has 3 rings (SSSR count). The first kappa shape index (κ1) is 21.3. The van der Waals surface area contributed by atoms with Gasteiger partial charge in [0, 0.05) is 10.0 Å². The molecule has 3 amide bonds. The summed E-state index contributed by atoms with van der Waals surface area (Å²) < 4.78 is 0.619. The maximum absolute atomic E-state index is 12.6. The Balaban J connectivity index is 1.65. The Morgan fingerprint density at radius 3 is 2.00 bits per heavy atom. The molecule has 7 heteroatoms. The summed E-state index contributed by atoms with van der Waals surface area (Å²) in [6.07, 6.45) is -0.0428. The van der Waals surface area contributed by atoms with Crippen molar-refractivity contribution in [3.05, 3.63) is 106 Å². The molecule has 0 heterocycles. The molecule has 3 N–H and O–H groups in total. The first-order valence-corrected chi connectivity index (χ1v) is 10.1. The molecule has 0 saturated carbocycles. The third-order valence-electron chi connectivity index (χ3n) is 4.37. The average molecular weight is 466 g/mol. The van der Waals surface area contributed by atoms with Crippen molar-refractivity contribution in [1.82, 2.24) is 16.2 Å². The standard InChI is InChI=1S/C23H20BrN3O3/c24-19-14-8-7-13-18(19)23(30)27-26-21(28)15-20(16-9-3-1-4-10-16)25-22(29)17-11-5-2-6-12-17/h1-14,20H,15H2,(H,25,29)(H,26,28)(H,27,30)/t20-/m0/s1. The van der Waals surface area contributed by atoms with E-state index >= 15 is 0 Å². The van der Waals surface area contributed by atoms with E-state index in [1.54, 1.807) is 48.5 Å². The lowest BCUT2D eigenvalue weighted by Crippen LogP contribution is -2.43. The van der Waals surface area contributed by atoms with Gasteiger partial charge < -0.3 is 5.32 Å². The van der Waals surface area contributed by atoms with Crippen LogP contribution in [0.15, 0.2) is 89.4 Å². The molecule has 3 aromatic rings. The molecule has 0 saturated heterocycles. The molecule has 0 aliphatic heterocycles. The molecule has 0 aliphatic rings. The van der Waals surface area contributed by atoms with E-state index < -0.39 is 17.9 Å². The Bertz CT molecular complexity index is 1030. The quantitative estimate of drug-likeness (QED) is 0.484. The van der Waals surface area contributed by atoms with Crippen LogP contribution in [0, 0.1) is 0 Å². The maximum Gasteiger partial charge on any atom is 0.270 e. The Kier molecular flexibility index (Phi) is 7.34. The van der Waals surface area contributed by atoms with E-state index in [9.17, 15) is 14.4 Å². The number of carbonyl (C=O) groups excluding carboxylic acids is 3. The topological polar surface area (TPSA) is 87.3 Å². The second-order valence-corrected chi connectivity index (χ2v) is 7.34. The largest absolute Gasteiger partial charge is 0.345 e. The summed E-state index contributed by atoms with van der Waals surface area (Å²) in [5.41, 5.74) is 6.50. The van der Waals surface area contributed by atoms with Crippen LogP contribution in [0.5, 0.6) is 0 Å². The van der Waals surface area contributed by atoms with E-state index in [1.807, 2.05) is 36.4 Å². The number of amides is 3. The van der Waals surface area contributed by atoms with Gasteiger partial charge >= 0.3 is 0 Å². The van der Waals surface area contributed by atoms with Crippen LogP contribution < -0.4 is 16.2 Å². The Labute approximate surface area is 182 Å². The third-order valence-corrected chi connectivity index (χ3v) is 5.06. The van der Waals surface area contributed by atoms with Gasteiger partial charge in [-0.1, -0.05) is 60.7 Å². The van der Waals surface area contributed by atoms with Crippen molar-refractivity contribution < 1.29 is 14.4 Å². The molecule has 152 valence electrons. The molecule has 0 aliphatic carbocycles. The number of hydrogen-bond acceptors (Lipinski definition) is 3. The van der Waals surface area contributed by atoms with E-state index in [2.05, 4.69) is 32.1 Å². The fraction of sp³-hybridized carbons (Fsp3) is 0.0870. The van der Waals surface area contributed by atoms with Crippen molar-refractivity contribution in [1.29, 1.82) is 0 Å². The fourth-order valence-corrected chi connectivity index (χ4v) is 3.31. The number of rotatable bonds is 6. The van der Waals surface area contributed by atoms with Crippen LogP contribution in [0.3, 0.4) is 0 Å². The number of halogens is 1. The van der Waals surface area contributed by atoms with Gasteiger partial charge in [-0.25, -0.2) is 0 Å². The molecule has 0 radical (unpaired) electrons. The van der Waals surface area contributed by atoms with Crippen molar-refractivity contribution in [2.24, 2.45) is 0 Å². The minimum atomic E-state index is -0.556. The van der Waals surface area contributed by atoms with Gasteiger partial charge in [-0.2, -0.15) is 0 Å². The lowest BCUT2D eigenvalue weighted by Gasteiger charge is -2.19. The summed E-state index contributed by atoms with van der Waals surface area (Å²) in [6.45, 7) is 0. The van der Waals surface area contributed by atoms with Gasteiger partial charge in [0.05, 0.1) is 18.0 Å². The van der Waals surface area contributed by atoms with E-state index in [0.717, 1.165) is 5.56 Å². The molecular formula is C23H20BrN3O3. The summed E-state index contributed by atoms with van der Waals surface area (Å²) in [5, 5.41) is 2.89. The minimum absolute atomic E-state index is 0.0428. The number of carbonyl (C=O) groups is 3.